The minimum atomic E-state index is -0.254. The summed E-state index contributed by atoms with van der Waals surface area (Å²) in [4.78, 5) is 11.4. The topological polar surface area (TPSA) is 84.6 Å². The highest BCUT2D eigenvalue weighted by molar-refractivity contribution is 5.77. The van der Waals surface area contributed by atoms with Crippen LogP contribution in [0, 0.1) is 0 Å². The van der Waals surface area contributed by atoms with Gasteiger partial charge in [-0.3, -0.25) is 4.79 Å². The number of carbonyl (C=O) groups excluding carboxylic acids is 1. The summed E-state index contributed by atoms with van der Waals surface area (Å²) in [5, 5.41) is 11.2. The van der Waals surface area contributed by atoms with Crippen LogP contribution in [0.3, 0.4) is 0 Å². The quantitative estimate of drug-likeness (QED) is 0.495. The van der Waals surface area contributed by atoms with Crippen molar-refractivity contribution in [2.45, 2.75) is 31.2 Å². The molecule has 0 saturated heterocycles. The lowest BCUT2D eigenvalue weighted by atomic mass is 9.75. The first-order chi connectivity index (χ1) is 7.16. The van der Waals surface area contributed by atoms with Crippen LogP contribution < -0.4 is 11.1 Å². The minimum Gasteiger partial charge on any atom is -0.394 e. The third kappa shape index (κ3) is 4.59. The van der Waals surface area contributed by atoms with Crippen molar-refractivity contribution in [1.82, 2.24) is 5.32 Å². The molecule has 88 valence electrons. The van der Waals surface area contributed by atoms with Crippen LogP contribution >= 0.6 is 0 Å². The first-order valence-electron chi connectivity index (χ1n) is 5.40. The van der Waals surface area contributed by atoms with Crippen LogP contribution in [0.25, 0.3) is 0 Å². The highest BCUT2D eigenvalue weighted by atomic mass is 16.5. The summed E-state index contributed by atoms with van der Waals surface area (Å²) in [5.74, 6) is -0.00945. The number of amides is 1. The van der Waals surface area contributed by atoms with Crippen molar-refractivity contribution in [1.29, 1.82) is 0 Å². The lowest BCUT2D eigenvalue weighted by molar-refractivity contribution is -0.123. The normalized spacial score (nSPS) is 18.3. The molecule has 5 nitrogen and oxygen atoms in total. The summed E-state index contributed by atoms with van der Waals surface area (Å²) >= 11 is 0. The van der Waals surface area contributed by atoms with Gasteiger partial charge in [0.25, 0.3) is 0 Å². The summed E-state index contributed by atoms with van der Waals surface area (Å²) in [6.07, 6.45) is 3.43. The summed E-state index contributed by atoms with van der Waals surface area (Å²) in [6, 6.07) is 0. The lowest BCUT2D eigenvalue weighted by Crippen LogP contribution is -2.50. The van der Waals surface area contributed by atoms with Crippen molar-refractivity contribution in [2.75, 3.05) is 26.4 Å². The molecule has 0 aromatic heterocycles. The van der Waals surface area contributed by atoms with E-state index in [0.29, 0.717) is 26.2 Å². The zero-order chi connectivity index (χ0) is 11.1. The van der Waals surface area contributed by atoms with Crippen molar-refractivity contribution in [3.63, 3.8) is 0 Å². The fourth-order valence-electron chi connectivity index (χ4n) is 1.62. The predicted molar refractivity (Wildman–Crippen MR) is 56.3 cm³/mol. The Morgan fingerprint density at radius 1 is 1.47 bits per heavy atom. The van der Waals surface area contributed by atoms with E-state index in [1.165, 1.54) is 0 Å². The Morgan fingerprint density at radius 2 is 2.20 bits per heavy atom. The van der Waals surface area contributed by atoms with E-state index >= 15 is 0 Å². The van der Waals surface area contributed by atoms with E-state index in [9.17, 15) is 4.79 Å². The maximum absolute atomic E-state index is 11.4. The average molecular weight is 216 g/mol. The minimum absolute atomic E-state index is 0.00945. The second-order valence-corrected chi connectivity index (χ2v) is 4.08. The predicted octanol–water partition coefficient (Wildman–Crippen LogP) is -0.617. The number of ether oxygens (including phenoxy) is 1. The summed E-state index contributed by atoms with van der Waals surface area (Å²) < 4.78 is 5.01. The number of nitrogens with one attached hydrogen (secondary N) is 1. The van der Waals surface area contributed by atoms with Gasteiger partial charge in [0.15, 0.2) is 0 Å². The summed E-state index contributed by atoms with van der Waals surface area (Å²) in [6.45, 7) is 1.25. The maximum Gasteiger partial charge on any atom is 0.221 e. The number of aliphatic hydroxyl groups is 1. The fraction of sp³-hybridized carbons (Fsp3) is 0.900. The molecule has 0 unspecified atom stereocenters. The molecule has 1 fully saturated rings. The van der Waals surface area contributed by atoms with Crippen molar-refractivity contribution in [3.05, 3.63) is 0 Å². The van der Waals surface area contributed by atoms with Crippen molar-refractivity contribution >= 4 is 5.91 Å². The number of rotatable bonds is 7. The Labute approximate surface area is 90.0 Å². The van der Waals surface area contributed by atoms with Crippen molar-refractivity contribution < 1.29 is 14.6 Å². The zero-order valence-electron chi connectivity index (χ0n) is 9.00. The van der Waals surface area contributed by atoms with Crippen molar-refractivity contribution in [2.24, 2.45) is 5.73 Å². The molecule has 1 amide bonds. The van der Waals surface area contributed by atoms with Crippen LogP contribution in [0.1, 0.15) is 25.7 Å². The standard InChI is InChI=1S/C10H20N2O3/c11-10(2-1-3-10)8-9(14)12-4-6-15-7-5-13/h13H,1-8,11H2,(H,12,14). The van der Waals surface area contributed by atoms with Crippen LogP contribution in [0.2, 0.25) is 0 Å². The number of carbonyl (C=O) groups is 1. The van der Waals surface area contributed by atoms with E-state index in [2.05, 4.69) is 5.32 Å². The Kier molecular flexibility index (Phi) is 5.01. The second-order valence-electron chi connectivity index (χ2n) is 4.08. The molecule has 1 aliphatic rings. The molecule has 4 N–H and O–H groups in total. The Bertz CT molecular complexity index is 205. The van der Waals surface area contributed by atoms with Gasteiger partial charge >= 0.3 is 0 Å². The molecule has 0 aliphatic heterocycles. The molecular formula is C10H20N2O3. The Hall–Kier alpha value is -0.650. The van der Waals surface area contributed by atoms with E-state index in [1.54, 1.807) is 0 Å². The van der Waals surface area contributed by atoms with Crippen LogP contribution in [0.15, 0.2) is 0 Å². The molecule has 0 aromatic carbocycles. The largest absolute Gasteiger partial charge is 0.394 e. The molecule has 0 spiro atoms. The van der Waals surface area contributed by atoms with Gasteiger partial charge in [-0.15, -0.1) is 0 Å². The first kappa shape index (κ1) is 12.4. The van der Waals surface area contributed by atoms with Gasteiger partial charge in [-0.05, 0) is 19.3 Å². The van der Waals surface area contributed by atoms with Gasteiger partial charge in [-0.25, -0.2) is 0 Å². The number of hydrogen-bond acceptors (Lipinski definition) is 4. The SMILES string of the molecule is NC1(CC(=O)NCCOCCO)CCC1. The van der Waals surface area contributed by atoms with Crippen LogP contribution in [0.4, 0.5) is 0 Å². The van der Waals surface area contributed by atoms with E-state index in [4.69, 9.17) is 15.6 Å². The molecule has 1 rings (SSSR count). The molecule has 0 bridgehead atoms. The fourth-order valence-corrected chi connectivity index (χ4v) is 1.62. The first-order valence-corrected chi connectivity index (χ1v) is 5.40. The highest BCUT2D eigenvalue weighted by Crippen LogP contribution is 2.31. The van der Waals surface area contributed by atoms with Gasteiger partial charge < -0.3 is 20.9 Å². The summed E-state index contributed by atoms with van der Waals surface area (Å²) in [5.41, 5.74) is 5.68. The monoisotopic (exact) mass is 216 g/mol. The Balaban J connectivity index is 1.98. The van der Waals surface area contributed by atoms with E-state index in [-0.39, 0.29) is 18.1 Å². The Morgan fingerprint density at radius 3 is 2.73 bits per heavy atom. The van der Waals surface area contributed by atoms with E-state index in [0.717, 1.165) is 19.3 Å². The van der Waals surface area contributed by atoms with Gasteiger partial charge in [0.1, 0.15) is 0 Å². The molecule has 1 saturated carbocycles. The average Bonchev–Trinajstić information content (AvgIpc) is 2.15. The maximum atomic E-state index is 11.4. The highest BCUT2D eigenvalue weighted by Gasteiger charge is 2.34. The molecule has 1 aliphatic carbocycles. The van der Waals surface area contributed by atoms with Crippen molar-refractivity contribution in [3.8, 4) is 0 Å². The lowest BCUT2D eigenvalue weighted by Gasteiger charge is -2.37. The third-order valence-electron chi connectivity index (χ3n) is 2.67. The number of hydrogen-bond donors (Lipinski definition) is 3. The third-order valence-corrected chi connectivity index (χ3v) is 2.67. The zero-order valence-corrected chi connectivity index (χ0v) is 9.00. The molecule has 15 heavy (non-hydrogen) atoms. The molecule has 0 radical (unpaired) electrons. The summed E-state index contributed by atoms with van der Waals surface area (Å²) in [7, 11) is 0. The molecule has 5 heteroatoms. The van der Waals surface area contributed by atoms with E-state index in [1.807, 2.05) is 0 Å². The van der Waals surface area contributed by atoms with Crippen LogP contribution in [-0.2, 0) is 9.53 Å². The van der Waals surface area contributed by atoms with Crippen LogP contribution in [-0.4, -0.2) is 42.9 Å². The molecular weight excluding hydrogens is 196 g/mol. The van der Waals surface area contributed by atoms with Gasteiger partial charge in [0.05, 0.1) is 19.8 Å². The van der Waals surface area contributed by atoms with Gasteiger partial charge in [0, 0.05) is 18.5 Å². The van der Waals surface area contributed by atoms with Gasteiger partial charge in [-0.1, -0.05) is 0 Å². The number of aliphatic hydroxyl groups excluding tert-OH is 1. The van der Waals surface area contributed by atoms with Gasteiger partial charge in [0.2, 0.25) is 5.91 Å². The van der Waals surface area contributed by atoms with E-state index < -0.39 is 0 Å². The molecule has 0 atom stereocenters. The molecule has 0 heterocycles. The van der Waals surface area contributed by atoms with Gasteiger partial charge in [-0.2, -0.15) is 0 Å². The second kappa shape index (κ2) is 6.05. The van der Waals surface area contributed by atoms with Crippen LogP contribution in [0.5, 0.6) is 0 Å². The number of nitrogens with two attached hydrogens (primary N) is 1. The molecule has 0 aromatic rings. The smallest absolute Gasteiger partial charge is 0.221 e.